The SMILES string of the molecule is COC(=O)N1CCC2(CC(C(C)C)C2)C1. The van der Waals surface area contributed by atoms with Crippen LogP contribution in [-0.4, -0.2) is 31.2 Å². The zero-order valence-corrected chi connectivity index (χ0v) is 9.95. The summed E-state index contributed by atoms with van der Waals surface area (Å²) in [6.45, 7) is 6.40. The summed E-state index contributed by atoms with van der Waals surface area (Å²) >= 11 is 0. The molecule has 2 fully saturated rings. The second-order valence-electron chi connectivity index (χ2n) is 5.55. The molecule has 0 aromatic rings. The lowest BCUT2D eigenvalue weighted by atomic mass is 9.58. The lowest BCUT2D eigenvalue weighted by Gasteiger charge is -2.47. The average Bonchev–Trinajstić information content (AvgIpc) is 2.58. The van der Waals surface area contributed by atoms with Gasteiger partial charge in [0.05, 0.1) is 7.11 Å². The zero-order chi connectivity index (χ0) is 11.1. The molecule has 0 N–H and O–H groups in total. The molecule has 2 rings (SSSR count). The number of methoxy groups -OCH3 is 1. The van der Waals surface area contributed by atoms with Gasteiger partial charge in [0.1, 0.15) is 0 Å². The lowest BCUT2D eigenvalue weighted by Crippen LogP contribution is -2.42. The van der Waals surface area contributed by atoms with Crippen LogP contribution in [0.3, 0.4) is 0 Å². The van der Waals surface area contributed by atoms with Crippen molar-refractivity contribution in [1.29, 1.82) is 0 Å². The summed E-state index contributed by atoms with van der Waals surface area (Å²) in [4.78, 5) is 13.2. The van der Waals surface area contributed by atoms with Gasteiger partial charge in [0.15, 0.2) is 0 Å². The van der Waals surface area contributed by atoms with Crippen molar-refractivity contribution >= 4 is 6.09 Å². The average molecular weight is 211 g/mol. The van der Waals surface area contributed by atoms with E-state index in [1.165, 1.54) is 26.4 Å². The van der Waals surface area contributed by atoms with Crippen LogP contribution in [0.15, 0.2) is 0 Å². The Morgan fingerprint density at radius 2 is 2.13 bits per heavy atom. The summed E-state index contributed by atoms with van der Waals surface area (Å²) in [5.41, 5.74) is 0.448. The molecule has 1 heterocycles. The fourth-order valence-corrected chi connectivity index (χ4v) is 3.08. The first-order valence-corrected chi connectivity index (χ1v) is 5.89. The number of nitrogens with zero attached hydrogens (tertiary/aromatic N) is 1. The van der Waals surface area contributed by atoms with Crippen LogP contribution in [0.2, 0.25) is 0 Å². The van der Waals surface area contributed by atoms with E-state index in [-0.39, 0.29) is 6.09 Å². The highest BCUT2D eigenvalue weighted by atomic mass is 16.5. The van der Waals surface area contributed by atoms with Gasteiger partial charge < -0.3 is 9.64 Å². The van der Waals surface area contributed by atoms with Gasteiger partial charge in [-0.1, -0.05) is 13.8 Å². The van der Waals surface area contributed by atoms with Crippen molar-refractivity contribution in [3.63, 3.8) is 0 Å². The number of hydrogen-bond donors (Lipinski definition) is 0. The lowest BCUT2D eigenvalue weighted by molar-refractivity contribution is 0.0332. The Hall–Kier alpha value is -0.730. The van der Waals surface area contributed by atoms with Crippen molar-refractivity contribution in [3.8, 4) is 0 Å². The van der Waals surface area contributed by atoms with Crippen molar-refractivity contribution in [2.45, 2.75) is 33.1 Å². The molecule has 0 atom stereocenters. The molecule has 15 heavy (non-hydrogen) atoms. The third kappa shape index (κ3) is 1.84. The van der Waals surface area contributed by atoms with Crippen LogP contribution in [0.5, 0.6) is 0 Å². The molecule has 1 saturated carbocycles. The molecule has 3 nitrogen and oxygen atoms in total. The van der Waals surface area contributed by atoms with Crippen molar-refractivity contribution in [3.05, 3.63) is 0 Å². The molecule has 0 radical (unpaired) electrons. The van der Waals surface area contributed by atoms with Gasteiger partial charge in [-0.3, -0.25) is 0 Å². The Morgan fingerprint density at radius 3 is 2.67 bits per heavy atom. The van der Waals surface area contributed by atoms with Gasteiger partial charge in [-0.25, -0.2) is 4.79 Å². The number of carbonyl (C=O) groups excluding carboxylic acids is 1. The summed E-state index contributed by atoms with van der Waals surface area (Å²) in [6, 6.07) is 0. The highest BCUT2D eigenvalue weighted by Crippen LogP contribution is 2.54. The van der Waals surface area contributed by atoms with Crippen LogP contribution in [0.1, 0.15) is 33.1 Å². The molecule has 1 spiro atoms. The predicted octanol–water partition coefficient (Wildman–Crippen LogP) is 2.51. The van der Waals surface area contributed by atoms with E-state index in [2.05, 4.69) is 13.8 Å². The van der Waals surface area contributed by atoms with Gasteiger partial charge in [0.25, 0.3) is 0 Å². The quantitative estimate of drug-likeness (QED) is 0.667. The number of hydrogen-bond acceptors (Lipinski definition) is 2. The maximum absolute atomic E-state index is 11.4. The largest absolute Gasteiger partial charge is 0.453 e. The normalized spacial score (nSPS) is 34.7. The van der Waals surface area contributed by atoms with E-state index in [9.17, 15) is 4.79 Å². The highest BCUT2D eigenvalue weighted by Gasteiger charge is 2.50. The smallest absolute Gasteiger partial charge is 0.409 e. The van der Waals surface area contributed by atoms with Crippen molar-refractivity contribution in [2.75, 3.05) is 20.2 Å². The summed E-state index contributed by atoms with van der Waals surface area (Å²) in [7, 11) is 1.46. The minimum absolute atomic E-state index is 0.153. The van der Waals surface area contributed by atoms with Gasteiger partial charge in [-0.2, -0.15) is 0 Å². The first-order chi connectivity index (χ1) is 7.06. The molecule has 0 aromatic carbocycles. The van der Waals surface area contributed by atoms with Crippen molar-refractivity contribution in [2.24, 2.45) is 17.3 Å². The molecular formula is C12H21NO2. The van der Waals surface area contributed by atoms with Gasteiger partial charge in [-0.15, -0.1) is 0 Å². The number of carbonyl (C=O) groups is 1. The standard InChI is InChI=1S/C12H21NO2/c1-9(2)10-6-12(7-10)4-5-13(8-12)11(14)15-3/h9-10H,4-8H2,1-3H3. The molecule has 1 aliphatic heterocycles. The first-order valence-electron chi connectivity index (χ1n) is 5.89. The minimum Gasteiger partial charge on any atom is -0.453 e. The molecule has 86 valence electrons. The third-order valence-corrected chi connectivity index (χ3v) is 4.20. The van der Waals surface area contributed by atoms with Crippen LogP contribution in [0.4, 0.5) is 4.79 Å². The van der Waals surface area contributed by atoms with E-state index in [0.29, 0.717) is 5.41 Å². The van der Waals surface area contributed by atoms with Crippen molar-refractivity contribution < 1.29 is 9.53 Å². The summed E-state index contributed by atoms with van der Waals surface area (Å²) in [6.07, 6.45) is 3.63. The molecule has 3 heteroatoms. The maximum atomic E-state index is 11.4. The van der Waals surface area contributed by atoms with E-state index in [4.69, 9.17) is 4.74 Å². The second-order valence-corrected chi connectivity index (χ2v) is 5.55. The Kier molecular flexibility index (Phi) is 2.65. The molecule has 2 aliphatic rings. The molecule has 0 bridgehead atoms. The maximum Gasteiger partial charge on any atom is 0.409 e. The van der Waals surface area contributed by atoms with E-state index >= 15 is 0 Å². The van der Waals surface area contributed by atoms with Gasteiger partial charge >= 0.3 is 6.09 Å². The summed E-state index contributed by atoms with van der Waals surface area (Å²) in [5.74, 6) is 1.67. The number of ether oxygens (including phenoxy) is 1. The molecule has 1 aliphatic carbocycles. The number of likely N-dealkylation sites (tertiary alicyclic amines) is 1. The summed E-state index contributed by atoms with van der Waals surface area (Å²) < 4.78 is 4.76. The van der Waals surface area contributed by atoms with Gasteiger partial charge in [0, 0.05) is 13.1 Å². The topological polar surface area (TPSA) is 29.5 Å². The monoisotopic (exact) mass is 211 g/mol. The van der Waals surface area contributed by atoms with Crippen LogP contribution in [0, 0.1) is 17.3 Å². The van der Waals surface area contributed by atoms with E-state index in [1.54, 1.807) is 0 Å². The molecule has 1 amide bonds. The number of amides is 1. The fraction of sp³-hybridized carbons (Fsp3) is 0.917. The zero-order valence-electron chi connectivity index (χ0n) is 9.95. The van der Waals surface area contributed by atoms with Crippen LogP contribution in [-0.2, 0) is 4.74 Å². The number of rotatable bonds is 1. The van der Waals surface area contributed by atoms with E-state index < -0.39 is 0 Å². The van der Waals surface area contributed by atoms with E-state index in [0.717, 1.165) is 24.9 Å². The van der Waals surface area contributed by atoms with E-state index in [1.807, 2.05) is 4.90 Å². The Labute approximate surface area is 91.8 Å². The molecular weight excluding hydrogens is 190 g/mol. The van der Waals surface area contributed by atoms with Gasteiger partial charge in [0.2, 0.25) is 0 Å². The van der Waals surface area contributed by atoms with Crippen molar-refractivity contribution in [1.82, 2.24) is 4.90 Å². The Bertz CT molecular complexity index is 256. The highest BCUT2D eigenvalue weighted by molar-refractivity contribution is 5.67. The van der Waals surface area contributed by atoms with Crippen LogP contribution in [0.25, 0.3) is 0 Å². The first kappa shape index (κ1) is 10.8. The predicted molar refractivity (Wildman–Crippen MR) is 58.6 cm³/mol. The fourth-order valence-electron chi connectivity index (χ4n) is 3.08. The summed E-state index contributed by atoms with van der Waals surface area (Å²) in [5, 5.41) is 0. The molecule has 0 unspecified atom stereocenters. The third-order valence-electron chi connectivity index (χ3n) is 4.20. The minimum atomic E-state index is -0.153. The van der Waals surface area contributed by atoms with Crippen LogP contribution < -0.4 is 0 Å². The van der Waals surface area contributed by atoms with Crippen LogP contribution >= 0.6 is 0 Å². The molecule has 0 aromatic heterocycles. The molecule has 1 saturated heterocycles. The second kappa shape index (κ2) is 3.69. The Balaban J connectivity index is 1.87. The van der Waals surface area contributed by atoms with Gasteiger partial charge in [-0.05, 0) is 36.5 Å². The Morgan fingerprint density at radius 1 is 1.47 bits per heavy atom.